The number of carbonyl (C=O) groups is 2. The molecular formula is C17H23Cl6N3O2S. The first-order chi connectivity index (χ1) is 13.1. The summed E-state index contributed by atoms with van der Waals surface area (Å²) >= 11 is 36.9. The number of hydrogen-bond acceptors (Lipinski definition) is 4. The van der Waals surface area contributed by atoms with Gasteiger partial charge in [-0.15, -0.1) is 11.3 Å². The number of carbonyl (C=O) groups excluding carboxylic acids is 2. The molecule has 0 bridgehead atoms. The Hall–Kier alpha value is 0.310. The van der Waals surface area contributed by atoms with Crippen LogP contribution in [0.4, 0.5) is 0 Å². The van der Waals surface area contributed by atoms with Crippen molar-refractivity contribution in [2.45, 2.75) is 53.3 Å². The highest BCUT2D eigenvalue weighted by atomic mass is 35.6. The molecular weight excluding hydrogens is 523 g/mol. The maximum Gasteiger partial charge on any atom is 0.245 e. The van der Waals surface area contributed by atoms with Crippen molar-refractivity contribution in [3.8, 4) is 0 Å². The first-order valence-electron chi connectivity index (χ1n) is 8.73. The van der Waals surface area contributed by atoms with Crippen molar-refractivity contribution >= 4 is 92.8 Å². The number of hydrogen-bond donors (Lipinski definition) is 1. The van der Waals surface area contributed by atoms with Crippen molar-refractivity contribution in [2.24, 2.45) is 11.8 Å². The van der Waals surface area contributed by atoms with E-state index in [1.165, 1.54) is 16.2 Å². The summed E-state index contributed by atoms with van der Waals surface area (Å²) in [6.07, 6.45) is 1.71. The molecule has 0 unspecified atom stereocenters. The number of likely N-dealkylation sites (N-methyl/N-ethyl adjacent to an activating group) is 1. The van der Waals surface area contributed by atoms with Gasteiger partial charge < -0.3 is 10.2 Å². The minimum absolute atomic E-state index is 0.0752. The van der Waals surface area contributed by atoms with E-state index in [0.29, 0.717) is 0 Å². The molecule has 5 nitrogen and oxygen atoms in total. The average molecular weight is 546 g/mol. The lowest BCUT2D eigenvalue weighted by Crippen LogP contribution is -2.49. The van der Waals surface area contributed by atoms with Crippen LogP contribution in [0.1, 0.15) is 44.7 Å². The molecule has 1 rings (SSSR count). The average Bonchev–Trinajstić information content (AvgIpc) is 3.11. The highest BCUT2D eigenvalue weighted by Crippen LogP contribution is 2.38. The number of halogens is 6. The van der Waals surface area contributed by atoms with Crippen LogP contribution in [0, 0.1) is 11.8 Å². The van der Waals surface area contributed by atoms with Crippen molar-refractivity contribution in [1.82, 2.24) is 15.2 Å². The summed E-state index contributed by atoms with van der Waals surface area (Å²) in [5, 5.41) is 5.30. The van der Waals surface area contributed by atoms with E-state index < -0.39 is 31.4 Å². The van der Waals surface area contributed by atoms with Gasteiger partial charge in [-0.3, -0.25) is 9.59 Å². The van der Waals surface area contributed by atoms with E-state index in [1.807, 2.05) is 12.3 Å². The van der Waals surface area contributed by atoms with Gasteiger partial charge >= 0.3 is 0 Å². The minimum atomic E-state index is -1.60. The van der Waals surface area contributed by atoms with Gasteiger partial charge in [0.2, 0.25) is 11.8 Å². The van der Waals surface area contributed by atoms with Crippen LogP contribution in [0.5, 0.6) is 0 Å². The van der Waals surface area contributed by atoms with Gasteiger partial charge in [-0.2, -0.15) is 0 Å². The van der Waals surface area contributed by atoms with Crippen LogP contribution in [-0.2, 0) is 9.59 Å². The fraction of sp³-hybridized carbons (Fsp3) is 0.706. The third-order valence-corrected chi connectivity index (χ3v) is 7.75. The number of rotatable bonds is 8. The largest absolute Gasteiger partial charge is 0.344 e. The Balaban J connectivity index is 2.97. The lowest BCUT2D eigenvalue weighted by atomic mass is 10.0. The van der Waals surface area contributed by atoms with E-state index >= 15 is 0 Å². The van der Waals surface area contributed by atoms with Gasteiger partial charge in [0, 0.05) is 36.9 Å². The maximum atomic E-state index is 13.1. The number of aromatic nitrogens is 1. The van der Waals surface area contributed by atoms with E-state index in [0.717, 1.165) is 5.01 Å². The van der Waals surface area contributed by atoms with Crippen molar-refractivity contribution in [3.05, 3.63) is 16.6 Å². The number of nitrogens with one attached hydrogen (secondary N) is 1. The molecule has 0 radical (unpaired) electrons. The normalized spacial score (nSPS) is 16.6. The zero-order chi connectivity index (χ0) is 22.6. The Labute approximate surface area is 205 Å². The van der Waals surface area contributed by atoms with E-state index in [4.69, 9.17) is 69.6 Å². The van der Waals surface area contributed by atoms with E-state index in [-0.39, 0.29) is 24.8 Å². The molecule has 1 heterocycles. The summed E-state index contributed by atoms with van der Waals surface area (Å²) in [6, 6.07) is -1.20. The van der Waals surface area contributed by atoms with Crippen LogP contribution in [0.2, 0.25) is 0 Å². The smallest absolute Gasteiger partial charge is 0.245 e. The molecule has 166 valence electrons. The predicted octanol–water partition coefficient (Wildman–Crippen LogP) is 5.94. The SMILES string of the molecule is C[C@@H](c1nccs1)N(C)C(=O)[C@@H](C[C@H](C)C(Cl)(Cl)Cl)NC(=O)C[C@H](C)C(Cl)(Cl)Cl. The molecule has 12 heteroatoms. The first kappa shape index (κ1) is 27.3. The lowest BCUT2D eigenvalue weighted by molar-refractivity contribution is -0.137. The second-order valence-electron chi connectivity index (χ2n) is 6.94. The Morgan fingerprint density at radius 2 is 1.66 bits per heavy atom. The van der Waals surface area contributed by atoms with Gasteiger partial charge in [-0.25, -0.2) is 4.98 Å². The van der Waals surface area contributed by atoms with Gasteiger partial charge in [0.15, 0.2) is 7.59 Å². The monoisotopic (exact) mass is 543 g/mol. The molecule has 29 heavy (non-hydrogen) atoms. The standard InChI is InChI=1S/C17H23Cl6N3O2S/c1-9(16(18,19)20)7-12(25-13(27)8-10(2)17(21,22)23)15(28)26(4)11(3)14-24-5-6-29-14/h5-6,9-12H,7-8H2,1-4H3,(H,25,27)/t9-,10-,11-,12+/m0/s1. The van der Waals surface area contributed by atoms with Gasteiger partial charge in [-0.05, 0) is 13.3 Å². The Kier molecular flexibility index (Phi) is 10.6. The third-order valence-electron chi connectivity index (χ3n) is 4.57. The molecule has 0 aromatic carbocycles. The number of amides is 2. The quantitative estimate of drug-likeness (QED) is 0.411. The number of nitrogens with zero attached hydrogens (tertiary/aromatic N) is 2. The minimum Gasteiger partial charge on any atom is -0.344 e. The van der Waals surface area contributed by atoms with Gasteiger partial charge in [0.25, 0.3) is 0 Å². The second-order valence-corrected chi connectivity index (χ2v) is 12.6. The fourth-order valence-electron chi connectivity index (χ4n) is 2.40. The molecule has 4 atom stereocenters. The van der Waals surface area contributed by atoms with Crippen molar-refractivity contribution in [2.75, 3.05) is 7.05 Å². The molecule has 1 aromatic rings. The highest BCUT2D eigenvalue weighted by Gasteiger charge is 2.37. The molecule has 1 aromatic heterocycles. The molecule has 1 N–H and O–H groups in total. The Morgan fingerprint density at radius 1 is 1.10 bits per heavy atom. The summed E-state index contributed by atoms with van der Waals surface area (Å²) in [4.78, 5) is 31.4. The second kappa shape index (κ2) is 11.3. The zero-order valence-corrected chi connectivity index (χ0v) is 21.6. The summed E-state index contributed by atoms with van der Waals surface area (Å²) in [5.74, 6) is -1.82. The molecule has 0 spiro atoms. The van der Waals surface area contributed by atoms with Crippen molar-refractivity contribution in [1.29, 1.82) is 0 Å². The summed E-state index contributed by atoms with van der Waals surface area (Å²) in [6.45, 7) is 5.16. The molecule has 0 fully saturated rings. The molecule has 0 aliphatic rings. The van der Waals surface area contributed by atoms with Crippen LogP contribution in [-0.4, -0.2) is 42.4 Å². The fourth-order valence-corrected chi connectivity index (χ4v) is 3.64. The Bertz CT molecular complexity index is 678. The van der Waals surface area contributed by atoms with Crippen molar-refractivity contribution in [3.63, 3.8) is 0 Å². The van der Waals surface area contributed by atoms with Crippen LogP contribution in [0.3, 0.4) is 0 Å². The van der Waals surface area contributed by atoms with Gasteiger partial charge in [-0.1, -0.05) is 83.5 Å². The van der Waals surface area contributed by atoms with Gasteiger partial charge in [0.05, 0.1) is 6.04 Å². The third kappa shape index (κ3) is 8.76. The van der Waals surface area contributed by atoms with Crippen LogP contribution in [0.25, 0.3) is 0 Å². The Morgan fingerprint density at radius 3 is 2.10 bits per heavy atom. The topological polar surface area (TPSA) is 62.3 Å². The lowest BCUT2D eigenvalue weighted by Gasteiger charge is -2.31. The number of alkyl halides is 6. The highest BCUT2D eigenvalue weighted by molar-refractivity contribution is 7.09. The van der Waals surface area contributed by atoms with Crippen molar-refractivity contribution < 1.29 is 9.59 Å². The molecule has 0 saturated heterocycles. The summed E-state index contributed by atoms with van der Waals surface area (Å²) < 4.78 is -3.19. The summed E-state index contributed by atoms with van der Waals surface area (Å²) in [5.41, 5.74) is 0. The number of thiazole rings is 1. The molecule has 0 saturated carbocycles. The summed E-state index contributed by atoms with van der Waals surface area (Å²) in [7, 11) is 1.64. The molecule has 0 aliphatic heterocycles. The zero-order valence-electron chi connectivity index (χ0n) is 16.3. The van der Waals surface area contributed by atoms with E-state index in [2.05, 4.69) is 10.3 Å². The van der Waals surface area contributed by atoms with E-state index in [1.54, 1.807) is 27.1 Å². The van der Waals surface area contributed by atoms with Crippen LogP contribution >= 0.6 is 80.9 Å². The van der Waals surface area contributed by atoms with Gasteiger partial charge in [0.1, 0.15) is 11.0 Å². The molecule has 2 amide bonds. The predicted molar refractivity (Wildman–Crippen MR) is 123 cm³/mol. The van der Waals surface area contributed by atoms with E-state index in [9.17, 15) is 9.59 Å². The first-order valence-corrected chi connectivity index (χ1v) is 11.9. The van der Waals surface area contributed by atoms with Crippen LogP contribution in [0.15, 0.2) is 11.6 Å². The maximum absolute atomic E-state index is 13.1. The van der Waals surface area contributed by atoms with Crippen LogP contribution < -0.4 is 5.32 Å². The molecule has 0 aliphatic carbocycles.